The van der Waals surface area contributed by atoms with Gasteiger partial charge in [-0.15, -0.1) is 10.2 Å². The quantitative estimate of drug-likeness (QED) is 0.432. The van der Waals surface area contributed by atoms with Crippen LogP contribution in [-0.2, 0) is 4.79 Å². The Hall–Kier alpha value is -2.51. The van der Waals surface area contributed by atoms with Crippen LogP contribution in [0.3, 0.4) is 0 Å². The number of amides is 1. The van der Waals surface area contributed by atoms with Gasteiger partial charge in [-0.3, -0.25) is 9.36 Å². The lowest BCUT2D eigenvalue weighted by atomic mass is 10.3. The second kappa shape index (κ2) is 9.75. The maximum absolute atomic E-state index is 12.9. The topological polar surface area (TPSA) is 60.2 Å². The highest BCUT2D eigenvalue weighted by molar-refractivity contribution is 8.00. The van der Waals surface area contributed by atoms with Crippen molar-refractivity contribution in [3.05, 3.63) is 65.4 Å². The van der Waals surface area contributed by atoms with Crippen molar-refractivity contribution < 1.29 is 9.53 Å². The number of nitrogens with zero attached hydrogens (tertiary/aromatic N) is 4. The van der Waals surface area contributed by atoms with Gasteiger partial charge >= 0.3 is 0 Å². The summed E-state index contributed by atoms with van der Waals surface area (Å²) in [6.07, 6.45) is 2.28. The van der Waals surface area contributed by atoms with Gasteiger partial charge < -0.3 is 9.64 Å². The predicted molar refractivity (Wildman–Crippen MR) is 123 cm³/mol. The van der Waals surface area contributed by atoms with Crippen molar-refractivity contribution in [1.29, 1.82) is 0 Å². The molecule has 0 bridgehead atoms. The molecule has 6 nitrogen and oxygen atoms in total. The lowest BCUT2D eigenvalue weighted by Gasteiger charge is -2.21. The second-order valence-electron chi connectivity index (χ2n) is 7.61. The number of benzene rings is 2. The van der Waals surface area contributed by atoms with Gasteiger partial charge in [-0.25, -0.2) is 0 Å². The first kappa shape index (κ1) is 21.7. The SMILES string of the molecule is CC(Sc1nnc(C2CC2)n1-c1ccccc1)C(=O)N(C)CCOc1ccc(Cl)cc1. The third-order valence-electron chi connectivity index (χ3n) is 5.13. The summed E-state index contributed by atoms with van der Waals surface area (Å²) in [5, 5.41) is 9.98. The zero-order valence-electron chi connectivity index (χ0n) is 17.6. The first-order valence-corrected chi connectivity index (χ1v) is 11.6. The molecule has 31 heavy (non-hydrogen) atoms. The van der Waals surface area contributed by atoms with Crippen molar-refractivity contribution >= 4 is 29.3 Å². The average molecular weight is 457 g/mol. The van der Waals surface area contributed by atoms with Gasteiger partial charge in [0.15, 0.2) is 5.16 Å². The number of ether oxygens (including phenoxy) is 1. The van der Waals surface area contributed by atoms with Crippen LogP contribution in [0.1, 0.15) is 31.5 Å². The van der Waals surface area contributed by atoms with Crippen LogP contribution in [0.4, 0.5) is 0 Å². The van der Waals surface area contributed by atoms with Crippen LogP contribution in [0, 0.1) is 0 Å². The standard InChI is InChI=1S/C23H25ClN4O2S/c1-16(22(29)27(2)14-15-30-20-12-10-18(24)11-13-20)31-23-26-25-21(17-8-9-17)28(23)19-6-4-3-5-7-19/h3-7,10-13,16-17H,8-9,14-15H2,1-2H3. The van der Waals surface area contributed by atoms with Crippen LogP contribution in [0.5, 0.6) is 5.75 Å². The molecule has 0 radical (unpaired) electrons. The monoisotopic (exact) mass is 456 g/mol. The van der Waals surface area contributed by atoms with E-state index in [1.54, 1.807) is 24.1 Å². The second-order valence-corrected chi connectivity index (χ2v) is 9.35. The summed E-state index contributed by atoms with van der Waals surface area (Å²) < 4.78 is 7.80. The third-order valence-corrected chi connectivity index (χ3v) is 6.41. The van der Waals surface area contributed by atoms with Crippen LogP contribution >= 0.6 is 23.4 Å². The van der Waals surface area contributed by atoms with E-state index in [4.69, 9.17) is 16.3 Å². The van der Waals surface area contributed by atoms with Gasteiger partial charge in [-0.2, -0.15) is 0 Å². The normalized spacial score (nSPS) is 14.3. The van der Waals surface area contributed by atoms with E-state index in [0.717, 1.165) is 35.3 Å². The summed E-state index contributed by atoms with van der Waals surface area (Å²) in [6, 6.07) is 17.3. The molecule has 1 heterocycles. The first-order chi connectivity index (χ1) is 15.0. The van der Waals surface area contributed by atoms with Crippen LogP contribution in [0.2, 0.25) is 5.02 Å². The summed E-state index contributed by atoms with van der Waals surface area (Å²) >= 11 is 7.33. The highest BCUT2D eigenvalue weighted by Gasteiger charge is 2.32. The fourth-order valence-corrected chi connectivity index (χ4v) is 4.36. The molecular weight excluding hydrogens is 432 g/mol. The number of hydrogen-bond donors (Lipinski definition) is 0. The van der Waals surface area contributed by atoms with Crippen LogP contribution < -0.4 is 4.74 Å². The molecule has 3 aromatic rings. The fourth-order valence-electron chi connectivity index (χ4n) is 3.24. The molecule has 1 aliphatic rings. The zero-order valence-corrected chi connectivity index (χ0v) is 19.1. The molecule has 0 spiro atoms. The molecule has 4 rings (SSSR count). The van der Waals surface area contributed by atoms with Gasteiger partial charge in [-0.1, -0.05) is 41.6 Å². The molecule has 1 atom stereocenters. The summed E-state index contributed by atoms with van der Waals surface area (Å²) in [7, 11) is 1.79. The van der Waals surface area contributed by atoms with Crippen molar-refractivity contribution in [2.24, 2.45) is 0 Å². The summed E-state index contributed by atoms with van der Waals surface area (Å²) in [5.41, 5.74) is 1.03. The summed E-state index contributed by atoms with van der Waals surface area (Å²) in [4.78, 5) is 14.6. The van der Waals surface area contributed by atoms with E-state index in [2.05, 4.69) is 14.8 Å². The van der Waals surface area contributed by atoms with Gasteiger partial charge in [0.25, 0.3) is 0 Å². The Balaban J connectivity index is 1.38. The van der Waals surface area contributed by atoms with E-state index in [9.17, 15) is 4.79 Å². The number of hydrogen-bond acceptors (Lipinski definition) is 5. The molecule has 2 aromatic carbocycles. The number of para-hydroxylation sites is 1. The first-order valence-electron chi connectivity index (χ1n) is 10.3. The molecule has 1 unspecified atom stereocenters. The highest BCUT2D eigenvalue weighted by Crippen LogP contribution is 2.41. The Bertz CT molecular complexity index is 1020. The van der Waals surface area contributed by atoms with Crippen molar-refractivity contribution in [1.82, 2.24) is 19.7 Å². The molecule has 162 valence electrons. The number of rotatable bonds is 9. The minimum absolute atomic E-state index is 0.0280. The molecule has 0 saturated heterocycles. The van der Waals surface area contributed by atoms with Crippen molar-refractivity contribution in [3.8, 4) is 11.4 Å². The molecule has 1 saturated carbocycles. The zero-order chi connectivity index (χ0) is 21.8. The van der Waals surface area contributed by atoms with Gasteiger partial charge in [0.2, 0.25) is 5.91 Å². The fraction of sp³-hybridized carbons (Fsp3) is 0.348. The molecule has 1 fully saturated rings. The van der Waals surface area contributed by atoms with E-state index in [0.29, 0.717) is 24.1 Å². The van der Waals surface area contributed by atoms with Crippen LogP contribution in [0.25, 0.3) is 5.69 Å². The van der Waals surface area contributed by atoms with Crippen LogP contribution in [0.15, 0.2) is 59.8 Å². The number of aromatic nitrogens is 3. The number of halogens is 1. The predicted octanol–water partition coefficient (Wildman–Crippen LogP) is 4.82. The molecule has 8 heteroatoms. The number of thioether (sulfide) groups is 1. The van der Waals surface area contributed by atoms with Gasteiger partial charge in [0.05, 0.1) is 11.8 Å². The Morgan fingerprint density at radius 1 is 1.19 bits per heavy atom. The maximum Gasteiger partial charge on any atom is 0.235 e. The molecule has 1 amide bonds. The smallest absolute Gasteiger partial charge is 0.235 e. The van der Waals surface area contributed by atoms with Crippen molar-refractivity contribution in [2.45, 2.75) is 36.1 Å². The average Bonchev–Trinajstić information content (AvgIpc) is 3.55. The lowest BCUT2D eigenvalue weighted by molar-refractivity contribution is -0.129. The van der Waals surface area contributed by atoms with E-state index in [1.165, 1.54) is 11.8 Å². The minimum atomic E-state index is -0.292. The summed E-state index contributed by atoms with van der Waals surface area (Å²) in [5.74, 6) is 2.20. The number of likely N-dealkylation sites (N-methyl/N-ethyl adjacent to an activating group) is 1. The largest absolute Gasteiger partial charge is 0.492 e. The van der Waals surface area contributed by atoms with Gasteiger partial charge in [0, 0.05) is 23.7 Å². The Morgan fingerprint density at radius 2 is 1.90 bits per heavy atom. The Morgan fingerprint density at radius 3 is 2.58 bits per heavy atom. The molecule has 1 aliphatic carbocycles. The lowest BCUT2D eigenvalue weighted by Crippen LogP contribution is -2.36. The maximum atomic E-state index is 12.9. The van der Waals surface area contributed by atoms with Gasteiger partial charge in [-0.05, 0) is 56.2 Å². The van der Waals surface area contributed by atoms with Crippen molar-refractivity contribution in [2.75, 3.05) is 20.2 Å². The molecular formula is C23H25ClN4O2S. The highest BCUT2D eigenvalue weighted by atomic mass is 35.5. The summed E-state index contributed by atoms with van der Waals surface area (Å²) in [6.45, 7) is 2.81. The molecule has 0 aliphatic heterocycles. The molecule has 0 N–H and O–H groups in total. The molecule has 1 aromatic heterocycles. The van der Waals surface area contributed by atoms with E-state index >= 15 is 0 Å². The number of carbonyl (C=O) groups excluding carboxylic acids is 1. The Kier molecular flexibility index (Phi) is 6.83. The Labute approximate surface area is 191 Å². The van der Waals surface area contributed by atoms with Crippen LogP contribution in [-0.4, -0.2) is 51.0 Å². The third kappa shape index (κ3) is 5.40. The van der Waals surface area contributed by atoms with Crippen molar-refractivity contribution in [3.63, 3.8) is 0 Å². The van der Waals surface area contributed by atoms with Gasteiger partial charge in [0.1, 0.15) is 18.2 Å². The van der Waals surface area contributed by atoms with E-state index in [-0.39, 0.29) is 11.2 Å². The van der Waals surface area contributed by atoms with E-state index < -0.39 is 0 Å². The van der Waals surface area contributed by atoms with E-state index in [1.807, 2.05) is 49.4 Å². The minimum Gasteiger partial charge on any atom is -0.492 e. The number of carbonyl (C=O) groups is 1.